The van der Waals surface area contributed by atoms with Crippen molar-refractivity contribution in [2.24, 2.45) is 45.3 Å². The Hall–Kier alpha value is -1.18. The van der Waals surface area contributed by atoms with Gasteiger partial charge in [0.25, 0.3) is 0 Å². The molecule has 4 aliphatic carbocycles. The molecule has 14 N–H and O–H groups in total. The smallest absolute Gasteiger partial charge is 0.187 e. The Labute approximate surface area is 450 Å². The molecule has 8 rings (SSSR count). The molecule has 77 heavy (non-hydrogen) atoms. The molecule has 0 aromatic carbocycles. The van der Waals surface area contributed by atoms with Crippen LogP contribution in [0, 0.1) is 45.3 Å². The van der Waals surface area contributed by atoms with E-state index in [1.54, 1.807) is 7.11 Å². The molecule has 0 radical (unpaired) electrons. The highest BCUT2D eigenvalue weighted by Crippen LogP contribution is 2.76. The fourth-order valence-corrected chi connectivity index (χ4v) is 15.9. The van der Waals surface area contributed by atoms with Crippen LogP contribution in [-0.2, 0) is 42.6 Å². The molecule has 0 spiro atoms. The van der Waals surface area contributed by atoms with Gasteiger partial charge in [-0.1, -0.05) is 46.8 Å². The van der Waals surface area contributed by atoms with Crippen LogP contribution in [0.2, 0.25) is 0 Å². The van der Waals surface area contributed by atoms with Gasteiger partial charge in [-0.2, -0.15) is 0 Å². The molecule has 4 saturated heterocycles. The first kappa shape index (κ1) is 61.9. The van der Waals surface area contributed by atoms with Gasteiger partial charge in [-0.3, -0.25) is 0 Å². The maximum Gasteiger partial charge on any atom is 0.187 e. The van der Waals surface area contributed by atoms with Crippen LogP contribution in [0.5, 0.6) is 0 Å². The molecule has 4 saturated carbocycles. The van der Waals surface area contributed by atoms with Gasteiger partial charge in [0.1, 0.15) is 91.6 Å². The summed E-state index contributed by atoms with van der Waals surface area (Å²) in [5.41, 5.74) is -3.46. The fraction of sp³-hybridized carbons (Fsp3) is 0.963. The molecule has 4 heterocycles. The Bertz CT molecular complexity index is 2000. The number of aliphatic hydroxyl groups excluding tert-OH is 14. The van der Waals surface area contributed by atoms with Crippen molar-refractivity contribution in [3.63, 3.8) is 0 Å². The van der Waals surface area contributed by atoms with E-state index in [4.69, 9.17) is 42.6 Å². The van der Waals surface area contributed by atoms with Crippen molar-refractivity contribution in [2.75, 3.05) is 33.5 Å². The SMILES string of the molecule is COC(C)(C)/C=C/C[C@](C)(O[C@@H]1O[C@H](CO[C@@H]2OC[C@@H](O)[C@H](O)[C@H]2O)[C@@H](O)[C@H](O)[C@H]1O)[C@H]1CC[C@]2(C)[C@@H]1[C@H](O)C[C@@H]1[C@@]3(C)CC[C@H](O[C@@H]4O[C@H](CO)[C@@H](O)[C@H](O)[C@H]4O[C@@H]4O[C@H](CO)[C@@H](O)[C@H](O)[C@H]4O)C(C)(C)[C@@H]3CC[C@]12C. The molecular weight excluding hydrogens is 1020 g/mol. The predicted molar refractivity (Wildman–Crippen MR) is 266 cm³/mol. The third-order valence-corrected chi connectivity index (χ3v) is 20.9. The third kappa shape index (κ3) is 11.0. The normalized spacial score (nSPS) is 52.1. The molecule has 0 amide bonds. The van der Waals surface area contributed by atoms with E-state index in [2.05, 4.69) is 34.6 Å². The van der Waals surface area contributed by atoms with Gasteiger partial charge in [0.15, 0.2) is 25.2 Å². The van der Waals surface area contributed by atoms with Crippen LogP contribution >= 0.6 is 0 Å². The van der Waals surface area contributed by atoms with E-state index >= 15 is 0 Å². The first-order valence-corrected chi connectivity index (χ1v) is 27.7. The number of methoxy groups -OCH3 is 1. The van der Waals surface area contributed by atoms with Crippen LogP contribution in [-0.4, -0.2) is 245 Å². The highest BCUT2D eigenvalue weighted by atomic mass is 16.8. The van der Waals surface area contributed by atoms with E-state index in [1.807, 2.05) is 32.9 Å². The molecule has 0 aromatic heterocycles. The Kier molecular flexibility index (Phi) is 18.6. The highest BCUT2D eigenvalue weighted by molar-refractivity contribution is 5.21. The Balaban J connectivity index is 1.02. The average molecular weight is 1110 g/mol. The molecule has 29 atom stereocenters. The van der Waals surface area contributed by atoms with Crippen molar-refractivity contribution in [2.45, 2.75) is 247 Å². The van der Waals surface area contributed by atoms with E-state index < -0.39 is 171 Å². The lowest BCUT2D eigenvalue weighted by atomic mass is 9.35. The molecule has 23 nitrogen and oxygen atoms in total. The standard InChI is InChI=1S/C54H92O23/c1-49(2,69-9)14-10-15-54(8,77-47-43(68)39(64)37(62)29(74-47)23-71-45-41(66)34(59)26(58)22-70-45)24-11-17-53(7)33(24)25(57)19-31-51(5)16-13-32(50(3,4)30(51)12-18-52(31,53)6)75-48-44(40(65)36(61)28(21-56)73-48)76-46-42(67)38(63)35(60)27(20-55)72-46/h10,14,24-48,55-68H,11-13,15-23H2,1-9H3/b14-10+/t24-,25+,26+,27+,28+,29+,30-,31+,32-,33-,34-,35+,36+,37+,38-,39-,40-,41+,42+,43+,44+,45-,46-,47-,48-,51-,52+,53+,54-/m0/s1. The van der Waals surface area contributed by atoms with Crippen molar-refractivity contribution in [1.29, 1.82) is 0 Å². The summed E-state index contributed by atoms with van der Waals surface area (Å²) in [5.74, 6) is -0.567. The molecule has 446 valence electrons. The second kappa shape index (κ2) is 23.1. The van der Waals surface area contributed by atoms with Crippen molar-refractivity contribution in [3.8, 4) is 0 Å². The summed E-state index contributed by atoms with van der Waals surface area (Å²) in [5, 5.41) is 152. The zero-order chi connectivity index (χ0) is 56.7. The number of hydrogen-bond donors (Lipinski definition) is 14. The minimum absolute atomic E-state index is 0.0272. The molecular formula is C54H92O23. The molecule has 0 unspecified atom stereocenters. The van der Waals surface area contributed by atoms with E-state index in [0.29, 0.717) is 25.7 Å². The lowest BCUT2D eigenvalue weighted by Crippen LogP contribution is -2.68. The van der Waals surface area contributed by atoms with Crippen molar-refractivity contribution in [3.05, 3.63) is 12.2 Å². The molecule has 0 aromatic rings. The molecule has 4 aliphatic heterocycles. The maximum absolute atomic E-state index is 12.9. The number of aliphatic hydroxyl groups is 14. The van der Waals surface area contributed by atoms with Gasteiger partial charge < -0.3 is 114 Å². The number of rotatable bonds is 16. The van der Waals surface area contributed by atoms with Gasteiger partial charge in [-0.25, -0.2) is 0 Å². The van der Waals surface area contributed by atoms with Gasteiger partial charge in [0.2, 0.25) is 0 Å². The van der Waals surface area contributed by atoms with Crippen LogP contribution in [0.4, 0.5) is 0 Å². The van der Waals surface area contributed by atoms with Crippen LogP contribution in [0.25, 0.3) is 0 Å². The topological polar surface area (TPSA) is 366 Å². The molecule has 0 bridgehead atoms. The van der Waals surface area contributed by atoms with E-state index in [-0.39, 0.29) is 47.5 Å². The van der Waals surface area contributed by atoms with E-state index in [0.717, 1.165) is 19.3 Å². The second-order valence-corrected chi connectivity index (χ2v) is 25.9. The summed E-state index contributed by atoms with van der Waals surface area (Å²) in [6.45, 7) is 14.8. The number of hydrogen-bond acceptors (Lipinski definition) is 23. The molecule has 23 heteroatoms. The van der Waals surface area contributed by atoms with Crippen LogP contribution in [0.3, 0.4) is 0 Å². The van der Waals surface area contributed by atoms with Crippen molar-refractivity contribution in [1.82, 2.24) is 0 Å². The monoisotopic (exact) mass is 1110 g/mol. The van der Waals surface area contributed by atoms with Gasteiger partial charge in [-0.05, 0) is 117 Å². The second-order valence-electron chi connectivity index (χ2n) is 25.9. The zero-order valence-corrected chi connectivity index (χ0v) is 46.0. The van der Waals surface area contributed by atoms with Crippen LogP contribution in [0.15, 0.2) is 12.2 Å². The lowest BCUT2D eigenvalue weighted by Gasteiger charge is -2.71. The predicted octanol–water partition coefficient (Wildman–Crippen LogP) is -1.94. The summed E-state index contributed by atoms with van der Waals surface area (Å²) >= 11 is 0. The Morgan fingerprint density at radius 1 is 0.571 bits per heavy atom. The Morgan fingerprint density at radius 3 is 1.78 bits per heavy atom. The Morgan fingerprint density at radius 2 is 1.14 bits per heavy atom. The minimum Gasteiger partial charge on any atom is -0.394 e. The van der Waals surface area contributed by atoms with Crippen LogP contribution in [0.1, 0.15) is 107 Å². The summed E-state index contributed by atoms with van der Waals surface area (Å²) in [7, 11) is 1.60. The third-order valence-electron chi connectivity index (χ3n) is 20.9. The van der Waals surface area contributed by atoms with Crippen LogP contribution < -0.4 is 0 Å². The maximum atomic E-state index is 12.9. The average Bonchev–Trinajstić information content (AvgIpc) is 3.80. The highest BCUT2D eigenvalue weighted by Gasteiger charge is 2.72. The largest absolute Gasteiger partial charge is 0.394 e. The van der Waals surface area contributed by atoms with Gasteiger partial charge in [0.05, 0.1) is 49.8 Å². The van der Waals surface area contributed by atoms with Crippen molar-refractivity contribution >= 4 is 0 Å². The quantitative estimate of drug-likeness (QED) is 0.0591. The van der Waals surface area contributed by atoms with Gasteiger partial charge >= 0.3 is 0 Å². The summed E-state index contributed by atoms with van der Waals surface area (Å²) < 4.78 is 54.5. The zero-order valence-electron chi connectivity index (χ0n) is 46.0. The van der Waals surface area contributed by atoms with Gasteiger partial charge in [0, 0.05) is 7.11 Å². The number of fused-ring (bicyclic) bond motifs is 5. The first-order chi connectivity index (χ1) is 35.9. The fourth-order valence-electron chi connectivity index (χ4n) is 15.9. The molecule has 8 fully saturated rings. The minimum atomic E-state index is -1.82. The van der Waals surface area contributed by atoms with E-state index in [9.17, 15) is 71.5 Å². The summed E-state index contributed by atoms with van der Waals surface area (Å²) in [6, 6.07) is 0. The first-order valence-electron chi connectivity index (χ1n) is 27.7. The van der Waals surface area contributed by atoms with Crippen molar-refractivity contribution < 1.29 is 114 Å². The summed E-state index contributed by atoms with van der Waals surface area (Å²) in [6.07, 6.45) is -22.2. The lowest BCUT2D eigenvalue weighted by molar-refractivity contribution is -0.378. The number of ether oxygens (including phenoxy) is 9. The molecule has 8 aliphatic rings. The van der Waals surface area contributed by atoms with Gasteiger partial charge in [-0.15, -0.1) is 0 Å². The van der Waals surface area contributed by atoms with E-state index in [1.165, 1.54) is 0 Å². The summed E-state index contributed by atoms with van der Waals surface area (Å²) in [4.78, 5) is 0.